The van der Waals surface area contributed by atoms with Crippen LogP contribution in [-0.4, -0.2) is 23.6 Å². The Hall–Kier alpha value is -0.130. The van der Waals surface area contributed by atoms with E-state index in [2.05, 4.69) is 35.8 Å². The second-order valence-electron chi connectivity index (χ2n) is 4.03. The Morgan fingerprint density at radius 3 is 2.93 bits per heavy atom. The smallest absolute Gasteiger partial charge is 0.0201 e. The van der Waals surface area contributed by atoms with Gasteiger partial charge < -0.3 is 5.32 Å². The van der Waals surface area contributed by atoms with Gasteiger partial charge in [0.05, 0.1) is 0 Å². The van der Waals surface area contributed by atoms with Gasteiger partial charge in [0.1, 0.15) is 0 Å². The highest BCUT2D eigenvalue weighted by Gasteiger charge is 2.22. The SMILES string of the molecule is CC#CCCC(NCC)C1CCCCS1. The van der Waals surface area contributed by atoms with Crippen molar-refractivity contribution in [2.45, 2.75) is 57.2 Å². The average molecular weight is 225 g/mol. The van der Waals surface area contributed by atoms with Gasteiger partial charge in [-0.2, -0.15) is 11.8 Å². The third kappa shape index (κ3) is 4.95. The summed E-state index contributed by atoms with van der Waals surface area (Å²) in [6, 6.07) is 0.682. The van der Waals surface area contributed by atoms with E-state index in [0.29, 0.717) is 6.04 Å². The molecule has 1 nitrogen and oxygen atoms in total. The lowest BCUT2D eigenvalue weighted by Gasteiger charge is -2.30. The van der Waals surface area contributed by atoms with Gasteiger partial charge in [0.15, 0.2) is 0 Å². The monoisotopic (exact) mass is 225 g/mol. The van der Waals surface area contributed by atoms with Crippen LogP contribution in [-0.2, 0) is 0 Å². The van der Waals surface area contributed by atoms with E-state index in [1.807, 2.05) is 6.92 Å². The van der Waals surface area contributed by atoms with E-state index >= 15 is 0 Å². The van der Waals surface area contributed by atoms with Crippen LogP contribution in [0.15, 0.2) is 0 Å². The summed E-state index contributed by atoms with van der Waals surface area (Å²) in [5, 5.41) is 4.45. The fraction of sp³-hybridized carbons (Fsp3) is 0.846. The summed E-state index contributed by atoms with van der Waals surface area (Å²) >= 11 is 2.16. The summed E-state index contributed by atoms with van der Waals surface area (Å²) < 4.78 is 0. The van der Waals surface area contributed by atoms with Crippen molar-refractivity contribution in [1.29, 1.82) is 0 Å². The molecule has 1 aliphatic heterocycles. The highest BCUT2D eigenvalue weighted by atomic mass is 32.2. The van der Waals surface area contributed by atoms with Gasteiger partial charge >= 0.3 is 0 Å². The van der Waals surface area contributed by atoms with Gasteiger partial charge in [0, 0.05) is 17.7 Å². The standard InChI is InChI=1S/C13H23NS/c1-3-5-6-9-12(14-4-2)13-10-7-8-11-15-13/h12-14H,4,6-11H2,1-2H3. The molecule has 0 saturated carbocycles. The highest BCUT2D eigenvalue weighted by Crippen LogP contribution is 2.29. The maximum Gasteiger partial charge on any atom is 0.0201 e. The molecule has 15 heavy (non-hydrogen) atoms. The number of hydrogen-bond acceptors (Lipinski definition) is 2. The Balaban J connectivity index is 2.35. The molecular weight excluding hydrogens is 202 g/mol. The molecule has 2 unspecified atom stereocenters. The van der Waals surface area contributed by atoms with Crippen LogP contribution in [0.25, 0.3) is 0 Å². The molecule has 1 aliphatic rings. The summed E-state index contributed by atoms with van der Waals surface area (Å²) in [5.41, 5.74) is 0. The number of nitrogens with one attached hydrogen (secondary N) is 1. The highest BCUT2D eigenvalue weighted by molar-refractivity contribution is 8.00. The van der Waals surface area contributed by atoms with Gasteiger partial charge in [0.25, 0.3) is 0 Å². The molecule has 0 aromatic rings. The molecule has 0 amide bonds. The number of hydrogen-bond donors (Lipinski definition) is 1. The maximum absolute atomic E-state index is 3.62. The Kier molecular flexibility index (Phi) is 6.96. The molecule has 1 N–H and O–H groups in total. The molecule has 0 spiro atoms. The predicted octanol–water partition coefficient (Wildman–Crippen LogP) is 3.05. The molecule has 2 atom stereocenters. The second-order valence-corrected chi connectivity index (χ2v) is 5.38. The lowest BCUT2D eigenvalue weighted by molar-refractivity contribution is 0.454. The fourth-order valence-corrected chi connectivity index (χ4v) is 3.59. The van der Waals surface area contributed by atoms with Crippen LogP contribution in [0.1, 0.15) is 46.0 Å². The van der Waals surface area contributed by atoms with Gasteiger partial charge in [-0.1, -0.05) is 13.3 Å². The number of rotatable bonds is 5. The van der Waals surface area contributed by atoms with E-state index in [4.69, 9.17) is 0 Å². The molecule has 0 aromatic heterocycles. The summed E-state index contributed by atoms with van der Waals surface area (Å²) in [4.78, 5) is 0. The van der Waals surface area contributed by atoms with Crippen LogP contribution < -0.4 is 5.32 Å². The van der Waals surface area contributed by atoms with Crippen LogP contribution in [0.2, 0.25) is 0 Å². The largest absolute Gasteiger partial charge is 0.313 e. The zero-order chi connectivity index (χ0) is 10.9. The fourth-order valence-electron chi connectivity index (χ4n) is 2.12. The Morgan fingerprint density at radius 2 is 2.33 bits per heavy atom. The third-order valence-corrected chi connectivity index (χ3v) is 4.40. The summed E-state index contributed by atoms with van der Waals surface area (Å²) in [6.07, 6.45) is 6.48. The minimum atomic E-state index is 0.682. The first-order valence-electron chi connectivity index (χ1n) is 6.13. The van der Waals surface area contributed by atoms with Gasteiger partial charge in [-0.3, -0.25) is 0 Å². The Labute approximate surface area is 98.8 Å². The molecule has 0 radical (unpaired) electrons. The molecule has 0 aliphatic carbocycles. The topological polar surface area (TPSA) is 12.0 Å². The zero-order valence-corrected chi connectivity index (χ0v) is 10.8. The Bertz CT molecular complexity index is 210. The van der Waals surface area contributed by atoms with Crippen molar-refractivity contribution >= 4 is 11.8 Å². The lowest BCUT2D eigenvalue weighted by Crippen LogP contribution is -2.39. The van der Waals surface area contributed by atoms with Gasteiger partial charge in [-0.25, -0.2) is 0 Å². The van der Waals surface area contributed by atoms with Gasteiger partial charge in [-0.05, 0) is 38.5 Å². The van der Waals surface area contributed by atoms with Crippen LogP contribution in [0.4, 0.5) is 0 Å². The van der Waals surface area contributed by atoms with Gasteiger partial charge in [0.2, 0.25) is 0 Å². The van der Waals surface area contributed by atoms with Crippen molar-refractivity contribution in [3.8, 4) is 11.8 Å². The minimum absolute atomic E-state index is 0.682. The first-order chi connectivity index (χ1) is 7.38. The molecule has 2 heteroatoms. The summed E-state index contributed by atoms with van der Waals surface area (Å²) in [7, 11) is 0. The third-order valence-electron chi connectivity index (χ3n) is 2.89. The second kappa shape index (κ2) is 8.07. The average Bonchev–Trinajstić information content (AvgIpc) is 2.29. The van der Waals surface area contributed by atoms with E-state index in [-0.39, 0.29) is 0 Å². The van der Waals surface area contributed by atoms with Crippen molar-refractivity contribution in [2.75, 3.05) is 12.3 Å². The van der Waals surface area contributed by atoms with E-state index in [9.17, 15) is 0 Å². The predicted molar refractivity (Wildman–Crippen MR) is 70.2 cm³/mol. The maximum atomic E-state index is 3.62. The van der Waals surface area contributed by atoms with Crippen molar-refractivity contribution in [2.24, 2.45) is 0 Å². The molecular formula is C13H23NS. The lowest BCUT2D eigenvalue weighted by atomic mass is 10.0. The number of thioether (sulfide) groups is 1. The van der Waals surface area contributed by atoms with Crippen molar-refractivity contribution in [3.63, 3.8) is 0 Å². The van der Waals surface area contributed by atoms with Crippen molar-refractivity contribution < 1.29 is 0 Å². The van der Waals surface area contributed by atoms with E-state index in [1.165, 1.54) is 31.4 Å². The van der Waals surface area contributed by atoms with Crippen LogP contribution >= 0.6 is 11.8 Å². The first kappa shape index (κ1) is 12.9. The van der Waals surface area contributed by atoms with E-state index < -0.39 is 0 Å². The van der Waals surface area contributed by atoms with Crippen LogP contribution in [0.3, 0.4) is 0 Å². The summed E-state index contributed by atoms with van der Waals surface area (Å²) in [5.74, 6) is 7.51. The minimum Gasteiger partial charge on any atom is -0.313 e. The summed E-state index contributed by atoms with van der Waals surface area (Å²) in [6.45, 7) is 5.21. The normalized spacial score (nSPS) is 22.9. The Morgan fingerprint density at radius 1 is 1.47 bits per heavy atom. The van der Waals surface area contributed by atoms with Gasteiger partial charge in [-0.15, -0.1) is 11.8 Å². The molecule has 1 fully saturated rings. The van der Waals surface area contributed by atoms with E-state index in [1.54, 1.807) is 0 Å². The molecule has 1 saturated heterocycles. The van der Waals surface area contributed by atoms with Crippen molar-refractivity contribution in [3.05, 3.63) is 0 Å². The molecule has 1 rings (SSSR count). The van der Waals surface area contributed by atoms with Crippen LogP contribution in [0, 0.1) is 11.8 Å². The van der Waals surface area contributed by atoms with Crippen LogP contribution in [0.5, 0.6) is 0 Å². The molecule has 86 valence electrons. The molecule has 0 aromatic carbocycles. The zero-order valence-electron chi connectivity index (χ0n) is 10.0. The van der Waals surface area contributed by atoms with E-state index in [0.717, 1.165) is 18.2 Å². The van der Waals surface area contributed by atoms with Crippen molar-refractivity contribution in [1.82, 2.24) is 5.32 Å². The molecule has 1 heterocycles. The molecule has 0 bridgehead atoms. The first-order valence-corrected chi connectivity index (χ1v) is 7.18. The quantitative estimate of drug-likeness (QED) is 0.722.